The molecule has 0 aliphatic heterocycles. The molecule has 0 aliphatic rings. The van der Waals surface area contributed by atoms with Crippen LogP contribution in [-0.2, 0) is 6.18 Å². The van der Waals surface area contributed by atoms with Crippen LogP contribution in [0.2, 0.25) is 0 Å². The Morgan fingerprint density at radius 3 is 2.60 bits per heavy atom. The number of hydrogen-bond acceptors (Lipinski definition) is 2. The molecule has 0 aliphatic carbocycles. The fourth-order valence-corrected chi connectivity index (χ4v) is 2.47. The Morgan fingerprint density at radius 1 is 1.30 bits per heavy atom. The maximum absolute atomic E-state index is 12.8. The zero-order chi connectivity index (χ0) is 14.8. The van der Waals surface area contributed by atoms with E-state index < -0.39 is 11.7 Å². The molecular formula is C14H13BrF3NO. The Labute approximate surface area is 123 Å². The highest BCUT2D eigenvalue weighted by atomic mass is 79.9. The van der Waals surface area contributed by atoms with Crippen molar-refractivity contribution in [2.75, 3.05) is 6.54 Å². The largest absolute Gasteiger partial charge is 0.472 e. The summed E-state index contributed by atoms with van der Waals surface area (Å²) >= 11 is 3.32. The number of nitrogens with one attached hydrogen (secondary N) is 1. The molecule has 108 valence electrons. The van der Waals surface area contributed by atoms with Crippen molar-refractivity contribution in [3.05, 3.63) is 58.0 Å². The second-order valence-electron chi connectivity index (χ2n) is 4.28. The first-order valence-electron chi connectivity index (χ1n) is 6.05. The summed E-state index contributed by atoms with van der Waals surface area (Å²) < 4.78 is 44.2. The number of hydrogen-bond donors (Lipinski definition) is 1. The van der Waals surface area contributed by atoms with Gasteiger partial charge >= 0.3 is 6.18 Å². The Bertz CT molecular complexity index is 566. The van der Waals surface area contributed by atoms with E-state index in [4.69, 9.17) is 4.42 Å². The molecule has 2 nitrogen and oxygen atoms in total. The molecule has 0 radical (unpaired) electrons. The van der Waals surface area contributed by atoms with Crippen LogP contribution in [0.25, 0.3) is 0 Å². The Kier molecular flexibility index (Phi) is 4.55. The lowest BCUT2D eigenvalue weighted by molar-refractivity contribution is -0.137. The van der Waals surface area contributed by atoms with Gasteiger partial charge in [-0.3, -0.25) is 0 Å². The lowest BCUT2D eigenvalue weighted by atomic mass is 9.99. The average Bonchev–Trinajstić information content (AvgIpc) is 2.89. The summed E-state index contributed by atoms with van der Waals surface area (Å²) in [4.78, 5) is 0. The van der Waals surface area contributed by atoms with Crippen LogP contribution in [0.1, 0.15) is 29.7 Å². The molecule has 20 heavy (non-hydrogen) atoms. The Hall–Kier alpha value is -1.27. The van der Waals surface area contributed by atoms with Gasteiger partial charge in [0.2, 0.25) is 0 Å². The minimum absolute atomic E-state index is 0.351. The zero-order valence-corrected chi connectivity index (χ0v) is 12.3. The van der Waals surface area contributed by atoms with Gasteiger partial charge in [-0.1, -0.05) is 22.9 Å². The quantitative estimate of drug-likeness (QED) is 0.862. The average molecular weight is 348 g/mol. The monoisotopic (exact) mass is 347 g/mol. The van der Waals surface area contributed by atoms with Gasteiger partial charge in [0.05, 0.1) is 24.1 Å². The molecule has 0 saturated heterocycles. The maximum atomic E-state index is 12.8. The van der Waals surface area contributed by atoms with Crippen molar-refractivity contribution in [3.8, 4) is 0 Å². The molecule has 0 amide bonds. The smallest absolute Gasteiger partial charge is 0.416 e. The summed E-state index contributed by atoms with van der Waals surface area (Å²) in [6, 6.07) is 5.02. The van der Waals surface area contributed by atoms with Gasteiger partial charge in [-0.15, -0.1) is 0 Å². The van der Waals surface area contributed by atoms with Crippen molar-refractivity contribution >= 4 is 15.9 Å². The Morgan fingerprint density at radius 2 is 2.05 bits per heavy atom. The van der Waals surface area contributed by atoms with Gasteiger partial charge in [-0.2, -0.15) is 13.2 Å². The van der Waals surface area contributed by atoms with E-state index in [-0.39, 0.29) is 6.04 Å². The third-order valence-corrected chi connectivity index (χ3v) is 3.64. The second-order valence-corrected chi connectivity index (χ2v) is 5.14. The van der Waals surface area contributed by atoms with Gasteiger partial charge in [-0.05, 0) is 36.4 Å². The number of rotatable bonds is 4. The first-order valence-corrected chi connectivity index (χ1v) is 6.85. The molecule has 0 fully saturated rings. The van der Waals surface area contributed by atoms with Crippen molar-refractivity contribution in [1.82, 2.24) is 5.32 Å². The predicted molar refractivity (Wildman–Crippen MR) is 73.4 cm³/mol. The molecule has 0 bridgehead atoms. The highest BCUT2D eigenvalue weighted by Gasteiger charge is 2.32. The molecule has 0 spiro atoms. The van der Waals surface area contributed by atoms with E-state index in [0.717, 1.165) is 17.7 Å². The van der Waals surface area contributed by atoms with Crippen molar-refractivity contribution in [2.45, 2.75) is 19.1 Å². The third-order valence-electron chi connectivity index (χ3n) is 2.92. The van der Waals surface area contributed by atoms with E-state index in [2.05, 4.69) is 21.2 Å². The van der Waals surface area contributed by atoms with Crippen LogP contribution in [0.15, 0.2) is 45.7 Å². The third kappa shape index (κ3) is 3.24. The van der Waals surface area contributed by atoms with Gasteiger partial charge in [0.15, 0.2) is 0 Å². The summed E-state index contributed by atoms with van der Waals surface area (Å²) in [6.07, 6.45) is -1.33. The van der Waals surface area contributed by atoms with E-state index in [1.165, 1.54) is 18.6 Å². The molecule has 6 heteroatoms. The molecule has 1 N–H and O–H groups in total. The van der Waals surface area contributed by atoms with Crippen LogP contribution in [0, 0.1) is 0 Å². The van der Waals surface area contributed by atoms with Gasteiger partial charge < -0.3 is 9.73 Å². The van der Waals surface area contributed by atoms with Crippen LogP contribution in [0.4, 0.5) is 13.2 Å². The molecule has 2 rings (SSSR count). The standard InChI is InChI=1S/C14H13BrF3NO/c1-2-19-13(9-5-6-20-8-9)11-7-10(14(16,17)18)3-4-12(11)15/h3-8,13,19H,2H2,1H3. The number of alkyl halides is 3. The van der Waals surface area contributed by atoms with Crippen LogP contribution in [0.5, 0.6) is 0 Å². The summed E-state index contributed by atoms with van der Waals surface area (Å²) in [5.74, 6) is 0. The van der Waals surface area contributed by atoms with Gasteiger partial charge in [-0.25, -0.2) is 0 Å². The summed E-state index contributed by atoms with van der Waals surface area (Å²) in [6.45, 7) is 2.52. The highest BCUT2D eigenvalue weighted by molar-refractivity contribution is 9.10. The van der Waals surface area contributed by atoms with Gasteiger partial charge in [0.25, 0.3) is 0 Å². The van der Waals surface area contributed by atoms with E-state index in [1.54, 1.807) is 6.07 Å². The molecule has 0 saturated carbocycles. The molecule has 1 aromatic heterocycles. The van der Waals surface area contributed by atoms with E-state index in [0.29, 0.717) is 16.6 Å². The summed E-state index contributed by atoms with van der Waals surface area (Å²) in [5.41, 5.74) is 0.650. The summed E-state index contributed by atoms with van der Waals surface area (Å²) in [5, 5.41) is 3.16. The van der Waals surface area contributed by atoms with Crippen LogP contribution in [-0.4, -0.2) is 6.54 Å². The lowest BCUT2D eigenvalue weighted by Crippen LogP contribution is -2.22. The van der Waals surface area contributed by atoms with E-state index in [9.17, 15) is 13.2 Å². The van der Waals surface area contributed by atoms with Crippen LogP contribution < -0.4 is 5.32 Å². The maximum Gasteiger partial charge on any atom is 0.416 e. The fraction of sp³-hybridized carbons (Fsp3) is 0.286. The molecule has 2 aromatic rings. The van der Waals surface area contributed by atoms with E-state index in [1.807, 2.05) is 6.92 Å². The molecule has 1 heterocycles. The molecule has 1 aromatic carbocycles. The van der Waals surface area contributed by atoms with Crippen molar-refractivity contribution in [1.29, 1.82) is 0 Å². The van der Waals surface area contributed by atoms with Crippen molar-refractivity contribution < 1.29 is 17.6 Å². The zero-order valence-electron chi connectivity index (χ0n) is 10.7. The second kappa shape index (κ2) is 6.01. The number of halogens is 4. The van der Waals surface area contributed by atoms with Crippen LogP contribution >= 0.6 is 15.9 Å². The SMILES string of the molecule is CCNC(c1ccoc1)c1cc(C(F)(F)F)ccc1Br. The van der Waals surface area contributed by atoms with Gasteiger partial charge in [0, 0.05) is 10.0 Å². The normalized spacial score (nSPS) is 13.4. The predicted octanol–water partition coefficient (Wildman–Crippen LogP) is 4.76. The minimum atomic E-state index is -4.36. The molecule has 1 unspecified atom stereocenters. The summed E-state index contributed by atoms with van der Waals surface area (Å²) in [7, 11) is 0. The fourth-order valence-electron chi connectivity index (χ4n) is 1.99. The van der Waals surface area contributed by atoms with E-state index >= 15 is 0 Å². The lowest BCUT2D eigenvalue weighted by Gasteiger charge is -2.20. The topological polar surface area (TPSA) is 25.2 Å². The molecular weight excluding hydrogens is 335 g/mol. The first kappa shape index (κ1) is 15.1. The van der Waals surface area contributed by atoms with Gasteiger partial charge in [0.1, 0.15) is 0 Å². The number of furan rings is 1. The first-order chi connectivity index (χ1) is 9.43. The molecule has 1 atom stereocenters. The number of benzene rings is 1. The van der Waals surface area contributed by atoms with Crippen molar-refractivity contribution in [2.24, 2.45) is 0 Å². The van der Waals surface area contributed by atoms with Crippen LogP contribution in [0.3, 0.4) is 0 Å². The Balaban J connectivity index is 2.48. The van der Waals surface area contributed by atoms with Crippen molar-refractivity contribution in [3.63, 3.8) is 0 Å². The minimum Gasteiger partial charge on any atom is -0.472 e. The highest BCUT2D eigenvalue weighted by Crippen LogP contribution is 2.35.